The highest BCUT2D eigenvalue weighted by Gasteiger charge is 2.23. The Balaban J connectivity index is 3.07. The van der Waals surface area contributed by atoms with E-state index in [4.69, 9.17) is 5.11 Å². The number of hydrogen-bond donors (Lipinski definition) is 1. The fourth-order valence-electron chi connectivity index (χ4n) is 0.559. The Morgan fingerprint density at radius 3 is 2.50 bits per heavy atom. The van der Waals surface area contributed by atoms with Gasteiger partial charge in [-0.05, 0) is 10.3 Å². The summed E-state index contributed by atoms with van der Waals surface area (Å²) < 4.78 is 8.27. The van der Waals surface area contributed by atoms with Gasteiger partial charge in [-0.1, -0.05) is 0 Å². The van der Waals surface area contributed by atoms with Crippen molar-refractivity contribution in [2.75, 3.05) is 7.11 Å². The molecule has 7 nitrogen and oxygen atoms in total. The van der Waals surface area contributed by atoms with Gasteiger partial charge in [-0.3, -0.25) is 0 Å². The van der Waals surface area contributed by atoms with Gasteiger partial charge >= 0.3 is 11.9 Å². The molecule has 1 rings (SSSR count). The van der Waals surface area contributed by atoms with Gasteiger partial charge in [0.2, 0.25) is 11.4 Å². The van der Waals surface area contributed by atoms with Crippen LogP contribution in [0.4, 0.5) is 0 Å². The molecule has 0 saturated heterocycles. The summed E-state index contributed by atoms with van der Waals surface area (Å²) in [5.74, 6) is -2.29. The van der Waals surface area contributed by atoms with Crippen molar-refractivity contribution in [3.8, 4) is 0 Å². The number of hydrogen-bond acceptors (Lipinski definition) is 6. The number of carboxylic acid groups (broad SMARTS) is 1. The van der Waals surface area contributed by atoms with E-state index in [9.17, 15) is 9.59 Å². The van der Waals surface area contributed by atoms with Crippen LogP contribution < -0.4 is 0 Å². The second-order valence-corrected chi connectivity index (χ2v) is 1.76. The minimum absolute atomic E-state index is 0.440. The van der Waals surface area contributed by atoms with Gasteiger partial charge in [0.05, 0.1) is 7.11 Å². The number of carbonyl (C=O) groups excluding carboxylic acids is 1. The lowest BCUT2D eigenvalue weighted by molar-refractivity contribution is 0.0574. The first-order valence-corrected chi connectivity index (χ1v) is 2.81. The minimum atomic E-state index is -1.39. The largest absolute Gasteiger partial charge is 0.476 e. The van der Waals surface area contributed by atoms with Crippen LogP contribution in [0, 0.1) is 0 Å². The molecule has 7 heteroatoms. The number of rotatable bonds is 2. The Labute approximate surface area is 65.9 Å². The molecule has 0 atom stereocenters. The average Bonchev–Trinajstić information content (AvgIpc) is 2.50. The molecular formula is C5H4N2O5. The van der Waals surface area contributed by atoms with E-state index in [1.807, 2.05) is 0 Å². The number of esters is 1. The fraction of sp³-hybridized carbons (Fsp3) is 0.200. The molecule has 12 heavy (non-hydrogen) atoms. The van der Waals surface area contributed by atoms with Crippen LogP contribution in [0.1, 0.15) is 21.0 Å². The van der Waals surface area contributed by atoms with Crippen molar-refractivity contribution in [1.82, 2.24) is 10.3 Å². The van der Waals surface area contributed by atoms with Crippen LogP contribution in [0.15, 0.2) is 4.63 Å². The lowest BCUT2D eigenvalue weighted by atomic mass is 10.3. The maximum absolute atomic E-state index is 10.8. The molecule has 0 saturated carbocycles. The first-order valence-electron chi connectivity index (χ1n) is 2.81. The topological polar surface area (TPSA) is 103 Å². The van der Waals surface area contributed by atoms with Crippen LogP contribution in [-0.2, 0) is 4.74 Å². The fourth-order valence-corrected chi connectivity index (χ4v) is 0.559. The summed E-state index contributed by atoms with van der Waals surface area (Å²) >= 11 is 0. The van der Waals surface area contributed by atoms with E-state index >= 15 is 0 Å². The number of carboxylic acids is 1. The summed E-state index contributed by atoms with van der Waals surface area (Å²) in [6.07, 6.45) is 0. The van der Waals surface area contributed by atoms with E-state index in [0.29, 0.717) is 0 Å². The Kier molecular flexibility index (Phi) is 2.04. The Bertz CT molecular complexity index is 317. The third-order valence-electron chi connectivity index (χ3n) is 1.07. The van der Waals surface area contributed by atoms with Crippen molar-refractivity contribution in [3.05, 3.63) is 11.4 Å². The zero-order chi connectivity index (χ0) is 9.14. The van der Waals surface area contributed by atoms with E-state index in [1.54, 1.807) is 0 Å². The molecular weight excluding hydrogens is 168 g/mol. The number of ether oxygens (including phenoxy) is 1. The first kappa shape index (κ1) is 8.18. The van der Waals surface area contributed by atoms with Crippen LogP contribution in [0.5, 0.6) is 0 Å². The van der Waals surface area contributed by atoms with Crippen molar-refractivity contribution in [1.29, 1.82) is 0 Å². The highest BCUT2D eigenvalue weighted by molar-refractivity contribution is 5.99. The molecule has 64 valence electrons. The SMILES string of the molecule is COC(=O)c1nonc1C(=O)O. The summed E-state index contributed by atoms with van der Waals surface area (Å²) in [5.41, 5.74) is -0.994. The van der Waals surface area contributed by atoms with Gasteiger partial charge in [-0.25, -0.2) is 14.2 Å². The quantitative estimate of drug-likeness (QED) is 0.602. The Morgan fingerprint density at radius 2 is 2.00 bits per heavy atom. The summed E-state index contributed by atoms with van der Waals surface area (Å²) in [5, 5.41) is 14.5. The molecule has 1 N–H and O–H groups in total. The van der Waals surface area contributed by atoms with Crippen LogP contribution in [0.2, 0.25) is 0 Å². The average molecular weight is 172 g/mol. The second kappa shape index (κ2) is 2.99. The minimum Gasteiger partial charge on any atom is -0.476 e. The van der Waals surface area contributed by atoms with Crippen LogP contribution >= 0.6 is 0 Å². The first-order chi connectivity index (χ1) is 5.66. The smallest absolute Gasteiger partial charge is 0.362 e. The molecule has 0 fully saturated rings. The van der Waals surface area contributed by atoms with Crippen LogP contribution in [0.25, 0.3) is 0 Å². The maximum Gasteiger partial charge on any atom is 0.362 e. The zero-order valence-electron chi connectivity index (χ0n) is 5.97. The van der Waals surface area contributed by atoms with Gasteiger partial charge in [-0.15, -0.1) is 0 Å². The third-order valence-corrected chi connectivity index (χ3v) is 1.07. The molecule has 1 heterocycles. The molecule has 0 aliphatic rings. The predicted molar refractivity (Wildman–Crippen MR) is 32.6 cm³/mol. The standard InChI is InChI=1S/C5H4N2O5/c1-11-5(10)3-2(4(8)9)6-12-7-3/h1H3,(H,8,9). The normalized spacial score (nSPS) is 9.42. The van der Waals surface area contributed by atoms with Crippen molar-refractivity contribution < 1.29 is 24.1 Å². The van der Waals surface area contributed by atoms with E-state index < -0.39 is 23.3 Å². The van der Waals surface area contributed by atoms with Crippen LogP contribution in [-0.4, -0.2) is 34.5 Å². The maximum atomic E-state index is 10.8. The number of nitrogens with zero attached hydrogens (tertiary/aromatic N) is 2. The van der Waals surface area contributed by atoms with Gasteiger partial charge in [0.25, 0.3) is 0 Å². The van der Waals surface area contributed by atoms with Crippen molar-refractivity contribution in [3.63, 3.8) is 0 Å². The highest BCUT2D eigenvalue weighted by atomic mass is 16.6. The summed E-state index contributed by atoms with van der Waals surface area (Å²) in [6, 6.07) is 0. The zero-order valence-corrected chi connectivity index (χ0v) is 5.97. The second-order valence-electron chi connectivity index (χ2n) is 1.76. The molecule has 1 aromatic rings. The molecule has 0 aliphatic carbocycles. The highest BCUT2D eigenvalue weighted by Crippen LogP contribution is 2.03. The number of methoxy groups -OCH3 is 1. The molecule has 0 unspecified atom stereocenters. The van der Waals surface area contributed by atoms with Gasteiger partial charge < -0.3 is 9.84 Å². The predicted octanol–water partition coefficient (Wildman–Crippen LogP) is -0.446. The third kappa shape index (κ3) is 1.24. The Morgan fingerprint density at radius 1 is 1.42 bits per heavy atom. The van der Waals surface area contributed by atoms with E-state index in [2.05, 4.69) is 19.7 Å². The van der Waals surface area contributed by atoms with E-state index in [-0.39, 0.29) is 0 Å². The van der Waals surface area contributed by atoms with Crippen molar-refractivity contribution in [2.45, 2.75) is 0 Å². The monoisotopic (exact) mass is 172 g/mol. The number of aromatic nitrogens is 2. The summed E-state index contributed by atoms with van der Waals surface area (Å²) in [7, 11) is 1.10. The molecule has 0 bridgehead atoms. The molecule has 0 aliphatic heterocycles. The van der Waals surface area contributed by atoms with E-state index in [0.717, 1.165) is 7.11 Å². The van der Waals surface area contributed by atoms with Gasteiger partial charge in [0.15, 0.2) is 0 Å². The molecule has 0 amide bonds. The molecule has 1 aromatic heterocycles. The van der Waals surface area contributed by atoms with Crippen LogP contribution in [0.3, 0.4) is 0 Å². The Hall–Kier alpha value is -1.92. The van der Waals surface area contributed by atoms with E-state index in [1.165, 1.54) is 0 Å². The van der Waals surface area contributed by atoms with Crippen molar-refractivity contribution >= 4 is 11.9 Å². The number of carbonyl (C=O) groups is 2. The molecule has 0 radical (unpaired) electrons. The number of aromatic carboxylic acids is 1. The van der Waals surface area contributed by atoms with Crippen molar-refractivity contribution in [2.24, 2.45) is 0 Å². The van der Waals surface area contributed by atoms with Gasteiger partial charge in [0.1, 0.15) is 0 Å². The van der Waals surface area contributed by atoms with Gasteiger partial charge in [0, 0.05) is 0 Å². The van der Waals surface area contributed by atoms with Gasteiger partial charge in [-0.2, -0.15) is 0 Å². The lowest BCUT2D eigenvalue weighted by Crippen LogP contribution is -2.09. The molecule has 0 spiro atoms. The summed E-state index contributed by atoms with van der Waals surface area (Å²) in [4.78, 5) is 21.1. The molecule has 0 aromatic carbocycles. The lowest BCUT2D eigenvalue weighted by Gasteiger charge is -1.91. The summed E-state index contributed by atoms with van der Waals surface area (Å²) in [6.45, 7) is 0.